The molecule has 0 saturated carbocycles. The summed E-state index contributed by atoms with van der Waals surface area (Å²) in [4.78, 5) is 0. The average Bonchev–Trinajstić information content (AvgIpc) is 2.46. The quantitative estimate of drug-likeness (QED) is 0.840. The predicted molar refractivity (Wildman–Crippen MR) is 84.3 cm³/mol. The van der Waals surface area contributed by atoms with Crippen LogP contribution in [0.5, 0.6) is 5.75 Å². The van der Waals surface area contributed by atoms with Crippen LogP contribution >= 0.6 is 11.6 Å². The van der Waals surface area contributed by atoms with Gasteiger partial charge in [-0.25, -0.2) is 0 Å². The highest BCUT2D eigenvalue weighted by molar-refractivity contribution is 6.30. The fourth-order valence-corrected chi connectivity index (χ4v) is 2.18. The predicted octanol–water partition coefficient (Wildman–Crippen LogP) is 4.59. The maximum absolute atomic E-state index is 5.90. The first-order valence-corrected chi connectivity index (χ1v) is 7.27. The maximum atomic E-state index is 5.90. The fourth-order valence-electron chi connectivity index (χ4n) is 2.05. The minimum atomic E-state index is 0.281. The van der Waals surface area contributed by atoms with Gasteiger partial charge in [0.15, 0.2) is 0 Å². The molecule has 3 heteroatoms. The Kier molecular flexibility index (Phi) is 5.45. The molecule has 0 radical (unpaired) electrons. The lowest BCUT2D eigenvalue weighted by atomic mass is 10.1. The molecule has 0 aliphatic heterocycles. The van der Waals surface area contributed by atoms with Crippen LogP contribution in [0.4, 0.5) is 0 Å². The summed E-state index contributed by atoms with van der Waals surface area (Å²) in [5.74, 6) is 0.922. The molecule has 0 aliphatic carbocycles. The highest BCUT2D eigenvalue weighted by Gasteiger charge is 2.05. The van der Waals surface area contributed by atoms with Gasteiger partial charge in [0.1, 0.15) is 5.75 Å². The molecule has 20 heavy (non-hydrogen) atoms. The van der Waals surface area contributed by atoms with Crippen molar-refractivity contribution in [2.24, 2.45) is 0 Å². The molecule has 0 aromatic heterocycles. The summed E-state index contributed by atoms with van der Waals surface area (Å²) >= 11 is 5.90. The first-order valence-electron chi connectivity index (χ1n) is 6.89. The monoisotopic (exact) mass is 289 g/mol. The Hall–Kier alpha value is -1.51. The van der Waals surface area contributed by atoms with Gasteiger partial charge in [-0.05, 0) is 49.2 Å². The van der Waals surface area contributed by atoms with E-state index in [-0.39, 0.29) is 6.04 Å². The minimum absolute atomic E-state index is 0.281. The molecule has 0 heterocycles. The summed E-state index contributed by atoms with van der Waals surface area (Å²) in [5.41, 5.74) is 2.45. The summed E-state index contributed by atoms with van der Waals surface area (Å²) in [6.07, 6.45) is 0. The minimum Gasteiger partial charge on any atom is -0.494 e. The smallest absolute Gasteiger partial charge is 0.119 e. The second-order valence-corrected chi connectivity index (χ2v) is 5.17. The van der Waals surface area contributed by atoms with Gasteiger partial charge in [-0.15, -0.1) is 0 Å². The third-order valence-corrected chi connectivity index (χ3v) is 3.44. The van der Waals surface area contributed by atoms with Crippen LogP contribution in [0.15, 0.2) is 48.5 Å². The highest BCUT2D eigenvalue weighted by Crippen LogP contribution is 2.18. The number of nitrogens with one attached hydrogen (secondary N) is 1. The van der Waals surface area contributed by atoms with Crippen LogP contribution in [0.25, 0.3) is 0 Å². The maximum Gasteiger partial charge on any atom is 0.119 e. The van der Waals surface area contributed by atoms with Crippen molar-refractivity contribution in [3.05, 3.63) is 64.7 Å². The highest BCUT2D eigenvalue weighted by atomic mass is 35.5. The van der Waals surface area contributed by atoms with Crippen molar-refractivity contribution in [3.8, 4) is 5.75 Å². The van der Waals surface area contributed by atoms with E-state index in [1.165, 1.54) is 11.1 Å². The summed E-state index contributed by atoms with van der Waals surface area (Å²) in [5, 5.41) is 4.27. The van der Waals surface area contributed by atoms with E-state index in [0.29, 0.717) is 6.61 Å². The summed E-state index contributed by atoms with van der Waals surface area (Å²) in [6.45, 7) is 5.64. The number of benzene rings is 2. The van der Waals surface area contributed by atoms with Crippen molar-refractivity contribution < 1.29 is 4.74 Å². The first kappa shape index (κ1) is 14.9. The molecule has 0 saturated heterocycles. The third-order valence-electron chi connectivity index (χ3n) is 3.19. The number of rotatable bonds is 6. The van der Waals surface area contributed by atoms with Crippen molar-refractivity contribution in [1.82, 2.24) is 5.32 Å². The van der Waals surface area contributed by atoms with E-state index in [1.54, 1.807) is 0 Å². The molecular formula is C17H20ClNO. The van der Waals surface area contributed by atoms with Crippen LogP contribution in [0, 0.1) is 0 Å². The van der Waals surface area contributed by atoms with Gasteiger partial charge in [-0.3, -0.25) is 0 Å². The standard InChI is InChI=1S/C17H20ClNO/c1-3-20-17-6-4-5-14(11-17)12-19-13(2)15-7-9-16(18)10-8-15/h4-11,13,19H,3,12H2,1-2H3/t13-/m0/s1. The van der Waals surface area contributed by atoms with E-state index in [9.17, 15) is 0 Å². The van der Waals surface area contributed by atoms with Gasteiger partial charge in [0.05, 0.1) is 6.61 Å². The van der Waals surface area contributed by atoms with Crippen LogP contribution in [-0.2, 0) is 6.54 Å². The Labute approximate surface area is 125 Å². The molecule has 1 atom stereocenters. The molecule has 2 aromatic rings. The van der Waals surface area contributed by atoms with Gasteiger partial charge in [0.25, 0.3) is 0 Å². The zero-order valence-electron chi connectivity index (χ0n) is 11.9. The Morgan fingerprint density at radius 1 is 1.15 bits per heavy atom. The van der Waals surface area contributed by atoms with Gasteiger partial charge in [-0.1, -0.05) is 35.9 Å². The van der Waals surface area contributed by atoms with Crippen molar-refractivity contribution in [2.75, 3.05) is 6.61 Å². The molecule has 0 spiro atoms. The molecule has 0 aliphatic rings. The van der Waals surface area contributed by atoms with E-state index in [4.69, 9.17) is 16.3 Å². The summed E-state index contributed by atoms with van der Waals surface area (Å²) < 4.78 is 5.51. The fraction of sp³-hybridized carbons (Fsp3) is 0.294. The van der Waals surface area contributed by atoms with Gasteiger partial charge in [0.2, 0.25) is 0 Å². The van der Waals surface area contributed by atoms with Crippen molar-refractivity contribution in [2.45, 2.75) is 26.4 Å². The molecule has 1 N–H and O–H groups in total. The van der Waals surface area contributed by atoms with E-state index >= 15 is 0 Å². The van der Waals surface area contributed by atoms with Crippen LogP contribution < -0.4 is 10.1 Å². The first-order chi connectivity index (χ1) is 9.69. The lowest BCUT2D eigenvalue weighted by molar-refractivity contribution is 0.339. The molecule has 2 nitrogen and oxygen atoms in total. The van der Waals surface area contributed by atoms with Crippen molar-refractivity contribution >= 4 is 11.6 Å². The van der Waals surface area contributed by atoms with E-state index in [0.717, 1.165) is 17.3 Å². The van der Waals surface area contributed by atoms with Crippen LogP contribution in [-0.4, -0.2) is 6.61 Å². The Morgan fingerprint density at radius 3 is 2.60 bits per heavy atom. The Balaban J connectivity index is 1.94. The van der Waals surface area contributed by atoms with Crippen LogP contribution in [0.2, 0.25) is 5.02 Å². The van der Waals surface area contributed by atoms with E-state index in [1.807, 2.05) is 31.2 Å². The van der Waals surface area contributed by atoms with E-state index < -0.39 is 0 Å². The molecule has 0 amide bonds. The largest absolute Gasteiger partial charge is 0.494 e. The average molecular weight is 290 g/mol. The van der Waals surface area contributed by atoms with Gasteiger partial charge >= 0.3 is 0 Å². The second-order valence-electron chi connectivity index (χ2n) is 4.73. The molecule has 0 bridgehead atoms. The zero-order valence-corrected chi connectivity index (χ0v) is 12.7. The van der Waals surface area contributed by atoms with E-state index in [2.05, 4.69) is 36.5 Å². The normalized spacial score (nSPS) is 12.2. The molecule has 0 fully saturated rings. The lowest BCUT2D eigenvalue weighted by Gasteiger charge is -2.15. The summed E-state index contributed by atoms with van der Waals surface area (Å²) in [7, 11) is 0. The van der Waals surface area contributed by atoms with Crippen molar-refractivity contribution in [1.29, 1.82) is 0 Å². The SMILES string of the molecule is CCOc1cccc(CN[C@@H](C)c2ccc(Cl)cc2)c1. The molecular weight excluding hydrogens is 270 g/mol. The van der Waals surface area contributed by atoms with Gasteiger partial charge < -0.3 is 10.1 Å². The van der Waals surface area contributed by atoms with Gasteiger partial charge in [0, 0.05) is 17.6 Å². The summed E-state index contributed by atoms with van der Waals surface area (Å²) in [6, 6.07) is 16.4. The lowest BCUT2D eigenvalue weighted by Crippen LogP contribution is -2.18. The Bertz CT molecular complexity index is 539. The second kappa shape index (κ2) is 7.32. The molecule has 2 rings (SSSR count). The Morgan fingerprint density at radius 2 is 1.90 bits per heavy atom. The third kappa shape index (κ3) is 4.26. The van der Waals surface area contributed by atoms with Crippen LogP contribution in [0.1, 0.15) is 31.0 Å². The number of hydrogen-bond donors (Lipinski definition) is 1. The zero-order chi connectivity index (χ0) is 14.4. The van der Waals surface area contributed by atoms with Crippen molar-refractivity contribution in [3.63, 3.8) is 0 Å². The number of halogens is 1. The molecule has 106 valence electrons. The molecule has 0 unspecified atom stereocenters. The number of hydrogen-bond acceptors (Lipinski definition) is 2. The number of ether oxygens (including phenoxy) is 1. The van der Waals surface area contributed by atoms with Gasteiger partial charge in [-0.2, -0.15) is 0 Å². The topological polar surface area (TPSA) is 21.3 Å². The van der Waals surface area contributed by atoms with Crippen LogP contribution in [0.3, 0.4) is 0 Å². The molecule has 2 aromatic carbocycles.